The lowest BCUT2D eigenvalue weighted by Crippen LogP contribution is -2.25. The molecule has 25 heavy (non-hydrogen) atoms. The Morgan fingerprint density at radius 2 is 1.92 bits per heavy atom. The summed E-state index contributed by atoms with van der Waals surface area (Å²) in [5.41, 5.74) is -0.212. The third-order valence-corrected chi connectivity index (χ3v) is 3.77. The molecular formula is C16H12BrN3O5. The summed E-state index contributed by atoms with van der Waals surface area (Å²) < 4.78 is 11.1. The topological polar surface area (TPSA) is 114 Å². The minimum atomic E-state index is -1.86. The van der Waals surface area contributed by atoms with Crippen LogP contribution in [0, 0.1) is 0 Å². The first-order chi connectivity index (χ1) is 11.9. The zero-order valence-corrected chi connectivity index (χ0v) is 14.5. The maximum atomic E-state index is 12.0. The summed E-state index contributed by atoms with van der Waals surface area (Å²) in [4.78, 5) is 22.9. The molecule has 0 aliphatic carbocycles. The maximum Gasteiger partial charge on any atom is 0.364 e. The molecule has 0 aliphatic heterocycles. The normalized spacial score (nSPS) is 12.0. The smallest absolute Gasteiger partial charge is 0.364 e. The van der Waals surface area contributed by atoms with E-state index in [1.807, 2.05) is 24.3 Å². The van der Waals surface area contributed by atoms with Gasteiger partial charge in [-0.15, -0.1) is 0 Å². The van der Waals surface area contributed by atoms with Crippen LogP contribution in [0.5, 0.6) is 11.6 Å². The standard InChI is InChI=1S/C16H12BrN3O5/c1-8(21)15(22)25-16(23)13-14(19-20-18-13)24-12-5-3-9-6-11(17)4-2-10(9)7-12/h2-7,15,22H,1H3,(H,18,19,20). The number of hydrogen-bond acceptors (Lipinski definition) is 7. The van der Waals surface area contributed by atoms with Gasteiger partial charge in [-0.1, -0.05) is 38.4 Å². The Balaban J connectivity index is 1.82. The summed E-state index contributed by atoms with van der Waals surface area (Å²) in [5, 5.41) is 20.8. The minimum Gasteiger partial charge on any atom is -0.436 e. The fourth-order valence-corrected chi connectivity index (χ4v) is 2.41. The van der Waals surface area contributed by atoms with Crippen LogP contribution in [-0.2, 0) is 9.53 Å². The molecule has 0 saturated carbocycles. The number of aromatic nitrogens is 3. The average Bonchev–Trinajstić information content (AvgIpc) is 3.03. The summed E-state index contributed by atoms with van der Waals surface area (Å²) in [6.07, 6.45) is -1.86. The first-order valence-electron chi connectivity index (χ1n) is 7.12. The van der Waals surface area contributed by atoms with Crippen LogP contribution in [0.15, 0.2) is 40.9 Å². The van der Waals surface area contributed by atoms with Crippen LogP contribution in [0.1, 0.15) is 17.4 Å². The number of aliphatic hydroxyl groups excluding tert-OH is 1. The van der Waals surface area contributed by atoms with Gasteiger partial charge in [0.2, 0.25) is 5.69 Å². The number of nitrogens with zero attached hydrogens (tertiary/aromatic N) is 2. The number of rotatable bonds is 5. The molecule has 0 spiro atoms. The Hall–Kier alpha value is -2.78. The van der Waals surface area contributed by atoms with Gasteiger partial charge >= 0.3 is 5.97 Å². The summed E-state index contributed by atoms with van der Waals surface area (Å²) in [6.45, 7) is 1.09. The quantitative estimate of drug-likeness (QED) is 0.495. The van der Waals surface area contributed by atoms with E-state index in [-0.39, 0.29) is 11.6 Å². The van der Waals surface area contributed by atoms with Gasteiger partial charge in [0, 0.05) is 11.4 Å². The Morgan fingerprint density at radius 3 is 2.68 bits per heavy atom. The van der Waals surface area contributed by atoms with Gasteiger partial charge in [0.1, 0.15) is 5.75 Å². The van der Waals surface area contributed by atoms with Crippen LogP contribution in [0.4, 0.5) is 0 Å². The summed E-state index contributed by atoms with van der Waals surface area (Å²) in [7, 11) is 0. The second-order valence-corrected chi connectivity index (χ2v) is 6.03. The van der Waals surface area contributed by atoms with E-state index in [9.17, 15) is 14.7 Å². The summed E-state index contributed by atoms with van der Waals surface area (Å²) in [6, 6.07) is 11.1. The number of fused-ring (bicyclic) bond motifs is 1. The van der Waals surface area contributed by atoms with E-state index in [2.05, 4.69) is 36.1 Å². The predicted molar refractivity (Wildman–Crippen MR) is 90.2 cm³/mol. The molecule has 0 saturated heterocycles. The van der Waals surface area contributed by atoms with Gasteiger partial charge in [0.15, 0.2) is 5.78 Å². The van der Waals surface area contributed by atoms with Crippen molar-refractivity contribution in [3.8, 4) is 11.6 Å². The SMILES string of the molecule is CC(=O)C(O)OC(=O)c1[nH]nnc1Oc1ccc2cc(Br)ccc2c1. The van der Waals surface area contributed by atoms with Gasteiger partial charge in [-0.3, -0.25) is 4.79 Å². The van der Waals surface area contributed by atoms with Gasteiger partial charge in [-0.2, -0.15) is 0 Å². The van der Waals surface area contributed by atoms with E-state index in [0.717, 1.165) is 22.2 Å². The van der Waals surface area contributed by atoms with Crippen LogP contribution in [0.3, 0.4) is 0 Å². The molecule has 1 heterocycles. The zero-order chi connectivity index (χ0) is 18.0. The number of H-pyrrole nitrogens is 1. The molecule has 3 rings (SSSR count). The van der Waals surface area contributed by atoms with Crippen LogP contribution in [0.25, 0.3) is 10.8 Å². The first kappa shape index (κ1) is 17.1. The molecule has 0 amide bonds. The number of esters is 1. The number of Topliss-reactive ketones (excluding diaryl/α,β-unsaturated/α-hetero) is 1. The van der Waals surface area contributed by atoms with Crippen molar-refractivity contribution >= 4 is 38.5 Å². The first-order valence-corrected chi connectivity index (χ1v) is 7.91. The van der Waals surface area contributed by atoms with Crippen molar-refractivity contribution in [2.24, 2.45) is 0 Å². The van der Waals surface area contributed by atoms with E-state index >= 15 is 0 Å². The van der Waals surface area contributed by atoms with Crippen molar-refractivity contribution in [3.63, 3.8) is 0 Å². The molecule has 2 aromatic carbocycles. The largest absolute Gasteiger partial charge is 0.436 e. The number of carbonyl (C=O) groups is 2. The molecular weight excluding hydrogens is 394 g/mol. The number of aromatic amines is 1. The van der Waals surface area contributed by atoms with Crippen LogP contribution < -0.4 is 4.74 Å². The number of aliphatic hydroxyl groups is 1. The lowest BCUT2D eigenvalue weighted by molar-refractivity contribution is -0.144. The molecule has 1 unspecified atom stereocenters. The second-order valence-electron chi connectivity index (χ2n) is 5.12. The highest BCUT2D eigenvalue weighted by Crippen LogP contribution is 2.27. The molecule has 9 heteroatoms. The average molecular weight is 406 g/mol. The van der Waals surface area contributed by atoms with Gasteiger partial charge in [-0.25, -0.2) is 9.89 Å². The number of benzene rings is 2. The molecule has 1 atom stereocenters. The number of ketones is 1. The van der Waals surface area contributed by atoms with Crippen LogP contribution in [0.2, 0.25) is 0 Å². The third kappa shape index (κ3) is 3.83. The molecule has 0 bridgehead atoms. The minimum absolute atomic E-state index is 0.128. The fourth-order valence-electron chi connectivity index (χ4n) is 2.04. The van der Waals surface area contributed by atoms with E-state index in [1.165, 1.54) is 0 Å². The van der Waals surface area contributed by atoms with E-state index in [1.54, 1.807) is 12.1 Å². The molecule has 0 fully saturated rings. The molecule has 2 N–H and O–H groups in total. The number of hydrogen-bond donors (Lipinski definition) is 2. The van der Waals surface area contributed by atoms with E-state index in [0.29, 0.717) is 5.75 Å². The van der Waals surface area contributed by atoms with Crippen molar-refractivity contribution in [3.05, 3.63) is 46.6 Å². The van der Waals surface area contributed by atoms with Crippen LogP contribution >= 0.6 is 15.9 Å². The molecule has 0 radical (unpaired) electrons. The molecule has 0 aliphatic rings. The zero-order valence-electron chi connectivity index (χ0n) is 12.9. The highest BCUT2D eigenvalue weighted by molar-refractivity contribution is 9.10. The number of halogens is 1. The number of ether oxygens (including phenoxy) is 2. The fraction of sp³-hybridized carbons (Fsp3) is 0.125. The van der Waals surface area contributed by atoms with Crippen molar-refractivity contribution in [2.45, 2.75) is 13.2 Å². The number of carbonyl (C=O) groups excluding carboxylic acids is 2. The van der Waals surface area contributed by atoms with Gasteiger partial charge in [0.05, 0.1) is 0 Å². The highest BCUT2D eigenvalue weighted by atomic mass is 79.9. The van der Waals surface area contributed by atoms with Gasteiger partial charge in [0.25, 0.3) is 12.2 Å². The highest BCUT2D eigenvalue weighted by Gasteiger charge is 2.23. The maximum absolute atomic E-state index is 12.0. The van der Waals surface area contributed by atoms with E-state index < -0.39 is 18.0 Å². The molecule has 8 nitrogen and oxygen atoms in total. The Bertz CT molecular complexity index is 956. The monoisotopic (exact) mass is 405 g/mol. The Morgan fingerprint density at radius 1 is 1.20 bits per heavy atom. The Kier molecular flexibility index (Phi) is 4.77. The van der Waals surface area contributed by atoms with E-state index in [4.69, 9.17) is 4.74 Å². The van der Waals surface area contributed by atoms with Crippen molar-refractivity contribution in [1.29, 1.82) is 0 Å². The summed E-state index contributed by atoms with van der Waals surface area (Å²) >= 11 is 3.41. The molecule has 128 valence electrons. The van der Waals surface area contributed by atoms with Crippen molar-refractivity contribution in [2.75, 3.05) is 0 Å². The Labute approximate surface area is 149 Å². The van der Waals surface area contributed by atoms with Crippen molar-refractivity contribution < 1.29 is 24.2 Å². The van der Waals surface area contributed by atoms with Gasteiger partial charge in [-0.05, 0) is 35.0 Å². The third-order valence-electron chi connectivity index (χ3n) is 3.28. The second kappa shape index (κ2) is 6.99. The predicted octanol–water partition coefficient (Wildman–Crippen LogP) is 2.58. The summed E-state index contributed by atoms with van der Waals surface area (Å²) in [5.74, 6) is -1.40. The van der Waals surface area contributed by atoms with Gasteiger partial charge < -0.3 is 14.6 Å². The van der Waals surface area contributed by atoms with Crippen LogP contribution in [-0.4, -0.2) is 38.6 Å². The molecule has 1 aromatic heterocycles. The van der Waals surface area contributed by atoms with Crippen molar-refractivity contribution in [1.82, 2.24) is 15.4 Å². The number of nitrogens with one attached hydrogen (secondary N) is 1. The molecule has 3 aromatic rings. The lowest BCUT2D eigenvalue weighted by atomic mass is 10.1. The lowest BCUT2D eigenvalue weighted by Gasteiger charge is -2.09.